The lowest BCUT2D eigenvalue weighted by atomic mass is 10.2. The van der Waals surface area contributed by atoms with Crippen molar-refractivity contribution in [3.05, 3.63) is 83.4 Å². The van der Waals surface area contributed by atoms with E-state index in [0.29, 0.717) is 12.4 Å². The molecule has 0 saturated carbocycles. The highest BCUT2D eigenvalue weighted by atomic mass is 35.5. The van der Waals surface area contributed by atoms with E-state index in [0.717, 1.165) is 28.5 Å². The first-order valence-corrected chi connectivity index (χ1v) is 13.1. The number of hydrogen-bond acceptors (Lipinski definition) is 6. The highest BCUT2D eigenvalue weighted by molar-refractivity contribution is 7.92. The second-order valence-corrected chi connectivity index (χ2v) is 9.98. The number of benzene rings is 3. The number of carbonyl (C=O) groups excluding carboxylic acids is 1. The van der Waals surface area contributed by atoms with Crippen LogP contribution in [0.25, 0.3) is 0 Å². The number of nitrogens with zero attached hydrogens (tertiary/aromatic N) is 2. The first kappa shape index (κ1) is 27.0. The predicted octanol–water partition coefficient (Wildman–Crippen LogP) is 4.87. The van der Waals surface area contributed by atoms with Crippen molar-refractivity contribution in [1.29, 1.82) is 0 Å². The van der Waals surface area contributed by atoms with Gasteiger partial charge in [-0.15, -0.1) is 0 Å². The van der Waals surface area contributed by atoms with Gasteiger partial charge >= 0.3 is 0 Å². The van der Waals surface area contributed by atoms with Gasteiger partial charge in [0.05, 0.1) is 35.5 Å². The van der Waals surface area contributed by atoms with Gasteiger partial charge in [-0.25, -0.2) is 13.8 Å². The molecule has 0 aliphatic heterocycles. The summed E-state index contributed by atoms with van der Waals surface area (Å²) in [5, 5.41) is 4.17. The summed E-state index contributed by atoms with van der Waals surface area (Å²) >= 11 is 6.22. The van der Waals surface area contributed by atoms with Crippen LogP contribution in [-0.2, 0) is 14.8 Å². The molecule has 0 saturated heterocycles. The Morgan fingerprint density at radius 2 is 1.81 bits per heavy atom. The molecule has 10 heteroatoms. The number of anilines is 1. The molecule has 0 atom stereocenters. The molecule has 0 fully saturated rings. The number of halogens is 1. The zero-order valence-corrected chi connectivity index (χ0v) is 21.6. The van der Waals surface area contributed by atoms with Crippen LogP contribution in [-0.4, -0.2) is 40.8 Å². The number of unbranched alkanes of at least 4 members (excludes halogenated alkanes) is 1. The number of hydrogen-bond donors (Lipinski definition) is 1. The molecule has 190 valence electrons. The summed E-state index contributed by atoms with van der Waals surface area (Å²) in [5.74, 6) is 0.509. The Morgan fingerprint density at radius 1 is 1.08 bits per heavy atom. The van der Waals surface area contributed by atoms with Crippen LogP contribution in [0, 0.1) is 0 Å². The molecular formula is C26H28ClN3O5S. The maximum Gasteiger partial charge on any atom is 0.264 e. The minimum absolute atomic E-state index is 0.0366. The maximum atomic E-state index is 13.4. The van der Waals surface area contributed by atoms with Gasteiger partial charge < -0.3 is 9.47 Å². The van der Waals surface area contributed by atoms with Crippen molar-refractivity contribution in [3.8, 4) is 11.5 Å². The van der Waals surface area contributed by atoms with E-state index in [2.05, 4.69) is 17.5 Å². The number of carbonyl (C=O) groups is 1. The summed E-state index contributed by atoms with van der Waals surface area (Å²) in [6.45, 7) is 2.24. The van der Waals surface area contributed by atoms with Crippen molar-refractivity contribution in [1.82, 2.24) is 5.43 Å². The average Bonchev–Trinajstić information content (AvgIpc) is 2.89. The van der Waals surface area contributed by atoms with Crippen molar-refractivity contribution >= 4 is 39.4 Å². The van der Waals surface area contributed by atoms with E-state index < -0.39 is 22.5 Å². The summed E-state index contributed by atoms with van der Waals surface area (Å²) in [6.07, 6.45) is 3.50. The molecule has 8 nitrogen and oxygen atoms in total. The van der Waals surface area contributed by atoms with Crippen molar-refractivity contribution in [2.24, 2.45) is 5.10 Å². The monoisotopic (exact) mass is 529 g/mol. The number of ether oxygens (including phenoxy) is 2. The van der Waals surface area contributed by atoms with Crippen molar-refractivity contribution in [2.45, 2.75) is 24.7 Å². The Morgan fingerprint density at radius 3 is 2.44 bits per heavy atom. The summed E-state index contributed by atoms with van der Waals surface area (Å²) < 4.78 is 38.5. The molecule has 0 aromatic heterocycles. The van der Waals surface area contributed by atoms with E-state index in [1.165, 1.54) is 43.7 Å². The van der Waals surface area contributed by atoms with Crippen molar-refractivity contribution in [2.75, 3.05) is 24.6 Å². The molecule has 0 spiro atoms. The number of amides is 1. The molecule has 0 radical (unpaired) electrons. The van der Waals surface area contributed by atoms with Gasteiger partial charge in [0.1, 0.15) is 18.0 Å². The lowest BCUT2D eigenvalue weighted by molar-refractivity contribution is -0.119. The highest BCUT2D eigenvalue weighted by Gasteiger charge is 2.27. The second kappa shape index (κ2) is 12.9. The molecule has 0 heterocycles. The Kier molecular flexibility index (Phi) is 9.72. The van der Waals surface area contributed by atoms with Gasteiger partial charge in [-0.3, -0.25) is 9.10 Å². The quantitative estimate of drug-likeness (QED) is 0.205. The van der Waals surface area contributed by atoms with Crippen LogP contribution >= 0.6 is 11.6 Å². The number of rotatable bonds is 12. The fourth-order valence-corrected chi connectivity index (χ4v) is 4.86. The number of methoxy groups -OCH3 is 1. The molecule has 36 heavy (non-hydrogen) atoms. The first-order valence-electron chi connectivity index (χ1n) is 11.3. The average molecular weight is 530 g/mol. The molecule has 1 amide bonds. The Balaban J connectivity index is 1.74. The molecule has 3 rings (SSSR count). The predicted molar refractivity (Wildman–Crippen MR) is 142 cm³/mol. The highest BCUT2D eigenvalue weighted by Crippen LogP contribution is 2.31. The van der Waals surface area contributed by atoms with Gasteiger partial charge in [0.2, 0.25) is 0 Å². The van der Waals surface area contributed by atoms with Gasteiger partial charge in [-0.1, -0.05) is 43.1 Å². The minimum atomic E-state index is -4.07. The van der Waals surface area contributed by atoms with Gasteiger partial charge in [-0.05, 0) is 66.6 Å². The van der Waals surface area contributed by atoms with Crippen LogP contribution in [0.1, 0.15) is 25.3 Å². The largest absolute Gasteiger partial charge is 0.495 e. The SMILES string of the molecule is CCCCOc1ccc(/C=N\NC(=O)CN(c2ccc(OC)c(Cl)c2)S(=O)(=O)c2ccccc2)cc1. The summed E-state index contributed by atoms with van der Waals surface area (Å²) in [4.78, 5) is 12.7. The van der Waals surface area contributed by atoms with Crippen LogP contribution in [0.15, 0.2) is 82.8 Å². The number of hydrazone groups is 1. The summed E-state index contributed by atoms with van der Waals surface area (Å²) in [5.41, 5.74) is 3.34. The fourth-order valence-electron chi connectivity index (χ4n) is 3.17. The van der Waals surface area contributed by atoms with Crippen LogP contribution in [0.2, 0.25) is 5.02 Å². The van der Waals surface area contributed by atoms with Crippen LogP contribution < -0.4 is 19.2 Å². The van der Waals surface area contributed by atoms with Crippen LogP contribution in [0.4, 0.5) is 5.69 Å². The first-order chi connectivity index (χ1) is 17.3. The third kappa shape index (κ3) is 7.22. The van der Waals surface area contributed by atoms with Crippen molar-refractivity contribution < 1.29 is 22.7 Å². The fraction of sp³-hybridized carbons (Fsp3) is 0.231. The van der Waals surface area contributed by atoms with Gasteiger partial charge in [-0.2, -0.15) is 5.10 Å². The number of sulfonamides is 1. The van der Waals surface area contributed by atoms with E-state index in [9.17, 15) is 13.2 Å². The lowest BCUT2D eigenvalue weighted by Crippen LogP contribution is -2.39. The smallest absolute Gasteiger partial charge is 0.264 e. The molecular weight excluding hydrogens is 502 g/mol. The Bertz CT molecular complexity index is 1280. The normalized spacial score (nSPS) is 11.3. The maximum absolute atomic E-state index is 13.4. The minimum Gasteiger partial charge on any atom is -0.495 e. The Hall–Kier alpha value is -3.56. The second-order valence-electron chi connectivity index (χ2n) is 7.71. The van der Waals surface area contributed by atoms with E-state index in [4.69, 9.17) is 21.1 Å². The summed E-state index contributed by atoms with van der Waals surface area (Å²) in [6, 6.07) is 19.6. The molecule has 0 unspecified atom stereocenters. The molecule has 0 aliphatic carbocycles. The summed E-state index contributed by atoms with van der Waals surface area (Å²) in [7, 11) is -2.61. The van der Waals surface area contributed by atoms with Gasteiger partial charge in [0.25, 0.3) is 15.9 Å². The molecule has 3 aromatic carbocycles. The molecule has 0 bridgehead atoms. The topological polar surface area (TPSA) is 97.3 Å². The number of nitrogens with one attached hydrogen (secondary N) is 1. The van der Waals surface area contributed by atoms with E-state index >= 15 is 0 Å². The zero-order valence-electron chi connectivity index (χ0n) is 20.1. The van der Waals surface area contributed by atoms with E-state index in [-0.39, 0.29) is 15.6 Å². The van der Waals surface area contributed by atoms with Gasteiger partial charge in [0, 0.05) is 0 Å². The molecule has 3 aromatic rings. The van der Waals surface area contributed by atoms with Crippen LogP contribution in [0.5, 0.6) is 11.5 Å². The van der Waals surface area contributed by atoms with Gasteiger partial charge in [0.15, 0.2) is 0 Å². The van der Waals surface area contributed by atoms with Crippen molar-refractivity contribution in [3.63, 3.8) is 0 Å². The van der Waals surface area contributed by atoms with E-state index in [1.807, 2.05) is 24.3 Å². The lowest BCUT2D eigenvalue weighted by Gasteiger charge is -2.24. The molecule has 1 N–H and O–H groups in total. The zero-order chi connectivity index (χ0) is 26.0. The third-order valence-electron chi connectivity index (χ3n) is 5.09. The molecule has 0 aliphatic rings. The standard InChI is InChI=1S/C26H28ClN3O5S/c1-3-4-16-35-22-13-10-20(11-14-22)18-28-29-26(31)19-30(21-12-15-25(34-2)24(27)17-21)36(32,33)23-8-6-5-7-9-23/h5-15,17-18H,3-4,16,19H2,1-2H3,(H,29,31)/b28-18-. The van der Waals surface area contributed by atoms with Crippen LogP contribution in [0.3, 0.4) is 0 Å². The van der Waals surface area contributed by atoms with E-state index in [1.54, 1.807) is 18.2 Å². The Labute approximate surface area is 216 Å². The third-order valence-corrected chi connectivity index (χ3v) is 7.17.